The van der Waals surface area contributed by atoms with Gasteiger partial charge >= 0.3 is 0 Å². The van der Waals surface area contributed by atoms with Gasteiger partial charge in [0.05, 0.1) is 0 Å². The van der Waals surface area contributed by atoms with Crippen LogP contribution in [0.2, 0.25) is 0 Å². The van der Waals surface area contributed by atoms with E-state index in [1.807, 2.05) is 0 Å². The summed E-state index contributed by atoms with van der Waals surface area (Å²) in [5, 5.41) is 18.8. The molecule has 1 rings (SSSR count). The lowest BCUT2D eigenvalue weighted by Gasteiger charge is -2.15. The number of rotatable bonds is 4. The van der Waals surface area contributed by atoms with Crippen molar-refractivity contribution in [1.29, 1.82) is 0 Å². The van der Waals surface area contributed by atoms with Gasteiger partial charge in [0.15, 0.2) is 6.10 Å². The van der Waals surface area contributed by atoms with E-state index in [1.54, 1.807) is 24.3 Å². The van der Waals surface area contributed by atoms with Crippen molar-refractivity contribution in [2.45, 2.75) is 18.8 Å². The lowest BCUT2D eigenvalue weighted by molar-refractivity contribution is -0.131. The summed E-state index contributed by atoms with van der Waals surface area (Å²) in [4.78, 5) is 10.6. The fourth-order valence-corrected chi connectivity index (χ4v) is 1.19. The zero-order chi connectivity index (χ0) is 11.4. The monoisotopic (exact) mass is 210 g/mol. The van der Waals surface area contributed by atoms with E-state index < -0.39 is 18.1 Å². The number of hydrogen-bond acceptors (Lipinski definition) is 4. The van der Waals surface area contributed by atoms with Crippen LogP contribution in [0.1, 0.15) is 17.2 Å². The van der Waals surface area contributed by atoms with Gasteiger partial charge in [-0.25, -0.2) is 0 Å². The van der Waals surface area contributed by atoms with Crippen LogP contribution in [0.15, 0.2) is 24.3 Å². The lowest BCUT2D eigenvalue weighted by Crippen LogP contribution is -2.33. The van der Waals surface area contributed by atoms with E-state index in [2.05, 4.69) is 0 Å². The zero-order valence-corrected chi connectivity index (χ0v) is 8.13. The molecule has 0 heterocycles. The summed E-state index contributed by atoms with van der Waals surface area (Å²) in [6.45, 7) is 0.398. The van der Waals surface area contributed by atoms with Crippen molar-refractivity contribution in [3.8, 4) is 0 Å². The molecule has 2 atom stereocenters. The van der Waals surface area contributed by atoms with Gasteiger partial charge in [-0.05, 0) is 11.1 Å². The first-order valence-electron chi connectivity index (χ1n) is 4.50. The summed E-state index contributed by atoms with van der Waals surface area (Å²) in [5.74, 6) is -0.953. The molecule has 2 unspecified atom stereocenters. The molecule has 1 aromatic rings. The molecular weight excluding hydrogens is 196 g/mol. The van der Waals surface area contributed by atoms with Gasteiger partial charge in [0.1, 0.15) is 6.10 Å². The number of carbonyl (C=O) groups is 1. The molecule has 6 N–H and O–H groups in total. The third kappa shape index (κ3) is 2.76. The van der Waals surface area contributed by atoms with Crippen molar-refractivity contribution >= 4 is 5.91 Å². The van der Waals surface area contributed by atoms with E-state index in [0.29, 0.717) is 12.1 Å². The Labute approximate surface area is 87.3 Å². The molecule has 0 saturated heterocycles. The Morgan fingerprint density at radius 3 is 2.20 bits per heavy atom. The molecule has 0 aliphatic carbocycles. The van der Waals surface area contributed by atoms with E-state index in [1.165, 1.54) is 0 Å². The van der Waals surface area contributed by atoms with Gasteiger partial charge in [-0.3, -0.25) is 4.79 Å². The second-order valence-corrected chi connectivity index (χ2v) is 3.24. The molecule has 0 saturated carbocycles. The molecule has 0 radical (unpaired) electrons. The van der Waals surface area contributed by atoms with Crippen molar-refractivity contribution in [3.05, 3.63) is 35.4 Å². The van der Waals surface area contributed by atoms with Crippen LogP contribution in [0.25, 0.3) is 0 Å². The number of hydrogen-bond donors (Lipinski definition) is 4. The Hall–Kier alpha value is -1.43. The number of aliphatic hydroxyl groups excluding tert-OH is 2. The minimum atomic E-state index is -1.59. The lowest BCUT2D eigenvalue weighted by atomic mass is 10.0. The maximum Gasteiger partial charge on any atom is 0.249 e. The number of amides is 1. The molecule has 15 heavy (non-hydrogen) atoms. The highest BCUT2D eigenvalue weighted by Crippen LogP contribution is 2.17. The summed E-state index contributed by atoms with van der Waals surface area (Å²) >= 11 is 0. The van der Waals surface area contributed by atoms with Gasteiger partial charge in [-0.1, -0.05) is 24.3 Å². The first kappa shape index (κ1) is 11.6. The Bertz CT molecular complexity index is 337. The molecule has 0 aliphatic rings. The molecule has 82 valence electrons. The summed E-state index contributed by atoms with van der Waals surface area (Å²) < 4.78 is 0. The number of aliphatic hydroxyl groups is 2. The SMILES string of the molecule is NCc1ccc(C(O)C(O)C(N)=O)cc1. The fraction of sp³-hybridized carbons (Fsp3) is 0.300. The van der Waals surface area contributed by atoms with E-state index >= 15 is 0 Å². The quantitative estimate of drug-likeness (QED) is 0.512. The molecule has 0 fully saturated rings. The van der Waals surface area contributed by atoms with Crippen LogP contribution < -0.4 is 11.5 Å². The highest BCUT2D eigenvalue weighted by atomic mass is 16.3. The van der Waals surface area contributed by atoms with Crippen LogP contribution in [0.3, 0.4) is 0 Å². The van der Waals surface area contributed by atoms with Crippen LogP contribution >= 0.6 is 0 Å². The molecule has 0 bridgehead atoms. The van der Waals surface area contributed by atoms with Crippen molar-refractivity contribution in [1.82, 2.24) is 0 Å². The second-order valence-electron chi connectivity index (χ2n) is 3.24. The highest BCUT2D eigenvalue weighted by Gasteiger charge is 2.22. The predicted octanol–water partition coefficient (Wildman–Crippen LogP) is -0.975. The molecule has 0 aromatic heterocycles. The molecule has 0 spiro atoms. The van der Waals surface area contributed by atoms with Crippen LogP contribution in [0.5, 0.6) is 0 Å². The standard InChI is InChI=1S/C10H14N2O3/c11-5-6-1-3-7(4-2-6)8(13)9(14)10(12)15/h1-4,8-9,13-14H,5,11H2,(H2,12,15). The molecule has 1 amide bonds. The summed E-state index contributed by atoms with van der Waals surface area (Å²) in [6.07, 6.45) is -2.89. The van der Waals surface area contributed by atoms with E-state index in [9.17, 15) is 15.0 Å². The molecule has 5 heteroatoms. The number of nitrogens with two attached hydrogens (primary N) is 2. The van der Waals surface area contributed by atoms with Crippen molar-refractivity contribution in [2.24, 2.45) is 11.5 Å². The third-order valence-corrected chi connectivity index (χ3v) is 2.15. The second kappa shape index (κ2) is 4.88. The van der Waals surface area contributed by atoms with Gasteiger partial charge < -0.3 is 21.7 Å². The molecule has 0 aliphatic heterocycles. The minimum absolute atomic E-state index is 0.398. The van der Waals surface area contributed by atoms with Crippen molar-refractivity contribution in [3.63, 3.8) is 0 Å². The average molecular weight is 210 g/mol. The van der Waals surface area contributed by atoms with Gasteiger partial charge in [0.25, 0.3) is 0 Å². The minimum Gasteiger partial charge on any atom is -0.385 e. The Morgan fingerprint density at radius 1 is 1.27 bits per heavy atom. The van der Waals surface area contributed by atoms with Crippen LogP contribution in [0.4, 0.5) is 0 Å². The normalized spacial score (nSPS) is 14.6. The van der Waals surface area contributed by atoms with Crippen LogP contribution in [-0.4, -0.2) is 22.2 Å². The zero-order valence-electron chi connectivity index (χ0n) is 8.13. The Morgan fingerprint density at radius 2 is 1.80 bits per heavy atom. The maximum absolute atomic E-state index is 10.6. The van der Waals surface area contributed by atoms with Gasteiger partial charge in [-0.15, -0.1) is 0 Å². The number of carbonyl (C=O) groups excluding carboxylic acids is 1. The van der Waals surface area contributed by atoms with E-state index in [0.717, 1.165) is 5.56 Å². The van der Waals surface area contributed by atoms with E-state index in [4.69, 9.17) is 11.5 Å². The van der Waals surface area contributed by atoms with E-state index in [-0.39, 0.29) is 0 Å². The van der Waals surface area contributed by atoms with Gasteiger partial charge in [-0.2, -0.15) is 0 Å². The molecule has 1 aromatic carbocycles. The summed E-state index contributed by atoms with van der Waals surface area (Å²) in [5.41, 5.74) is 11.6. The van der Waals surface area contributed by atoms with Crippen molar-refractivity contribution in [2.75, 3.05) is 0 Å². The molecular formula is C10H14N2O3. The fourth-order valence-electron chi connectivity index (χ4n) is 1.19. The topological polar surface area (TPSA) is 110 Å². The number of benzene rings is 1. The first-order chi connectivity index (χ1) is 7.06. The maximum atomic E-state index is 10.6. The van der Waals surface area contributed by atoms with Gasteiger partial charge in [0, 0.05) is 6.54 Å². The largest absolute Gasteiger partial charge is 0.385 e. The Kier molecular flexibility index (Phi) is 3.79. The summed E-state index contributed by atoms with van der Waals surface area (Å²) in [7, 11) is 0. The first-order valence-corrected chi connectivity index (χ1v) is 4.50. The average Bonchev–Trinajstić information content (AvgIpc) is 2.27. The van der Waals surface area contributed by atoms with Gasteiger partial charge in [0.2, 0.25) is 5.91 Å². The Balaban J connectivity index is 2.82. The molecule has 5 nitrogen and oxygen atoms in total. The number of primary amides is 1. The van der Waals surface area contributed by atoms with Crippen LogP contribution in [0, 0.1) is 0 Å². The third-order valence-electron chi connectivity index (χ3n) is 2.15. The summed E-state index contributed by atoms with van der Waals surface area (Å²) in [6, 6.07) is 6.62. The predicted molar refractivity (Wildman–Crippen MR) is 54.5 cm³/mol. The van der Waals surface area contributed by atoms with Crippen molar-refractivity contribution < 1.29 is 15.0 Å². The highest BCUT2D eigenvalue weighted by molar-refractivity contribution is 5.79. The smallest absolute Gasteiger partial charge is 0.249 e. The van der Waals surface area contributed by atoms with Crippen LogP contribution in [-0.2, 0) is 11.3 Å².